The molecular weight excluding hydrogens is 268 g/mol. The second-order valence-electron chi connectivity index (χ2n) is 4.98. The van der Waals surface area contributed by atoms with Crippen LogP contribution in [0.2, 0.25) is 0 Å². The number of anilines is 1. The first-order valence-corrected chi connectivity index (χ1v) is 7.13. The van der Waals surface area contributed by atoms with E-state index in [1.165, 1.54) is 5.56 Å². The fourth-order valence-corrected chi connectivity index (χ4v) is 1.97. The van der Waals surface area contributed by atoms with Gasteiger partial charge in [-0.3, -0.25) is 4.99 Å². The molecule has 0 spiro atoms. The zero-order chi connectivity index (χ0) is 15.8. The molecule has 0 saturated heterocycles. The highest BCUT2D eigenvalue weighted by molar-refractivity contribution is 5.67. The average Bonchev–Trinajstić information content (AvgIpc) is 2.57. The molecule has 3 rings (SSSR count). The van der Waals surface area contributed by atoms with Crippen molar-refractivity contribution in [3.63, 3.8) is 0 Å². The van der Waals surface area contributed by atoms with E-state index in [1.807, 2.05) is 66.7 Å². The van der Waals surface area contributed by atoms with Crippen LogP contribution in [0.1, 0.15) is 5.56 Å². The van der Waals surface area contributed by atoms with E-state index in [4.69, 9.17) is 5.73 Å². The van der Waals surface area contributed by atoms with E-state index in [0.29, 0.717) is 0 Å². The molecule has 0 aromatic heterocycles. The zero-order valence-electron chi connectivity index (χ0n) is 12.7. The fourth-order valence-electron chi connectivity index (χ4n) is 1.97. The third-order valence-electron chi connectivity index (χ3n) is 3.23. The molecular formula is C20H20N2. The number of hydrogen-bond acceptors (Lipinski definition) is 2. The van der Waals surface area contributed by atoms with Gasteiger partial charge in [0.1, 0.15) is 0 Å². The highest BCUT2D eigenvalue weighted by Gasteiger charge is 1.96. The summed E-state index contributed by atoms with van der Waals surface area (Å²) in [6, 6.07) is 26.0. The van der Waals surface area contributed by atoms with Gasteiger partial charge >= 0.3 is 0 Å². The molecule has 0 fully saturated rings. The summed E-state index contributed by atoms with van der Waals surface area (Å²) in [4.78, 5) is 3.85. The predicted molar refractivity (Wildman–Crippen MR) is 96.7 cm³/mol. The summed E-state index contributed by atoms with van der Waals surface area (Å²) in [5.74, 6) is 0. The van der Waals surface area contributed by atoms with E-state index in [-0.39, 0.29) is 0 Å². The maximum absolute atomic E-state index is 5.63. The summed E-state index contributed by atoms with van der Waals surface area (Å²) in [5.41, 5.74) is 10.9. The van der Waals surface area contributed by atoms with Gasteiger partial charge in [0.15, 0.2) is 0 Å². The third kappa shape index (κ3) is 4.60. The van der Waals surface area contributed by atoms with Gasteiger partial charge in [-0.2, -0.15) is 0 Å². The van der Waals surface area contributed by atoms with Crippen LogP contribution in [0.3, 0.4) is 0 Å². The van der Waals surface area contributed by atoms with Crippen molar-refractivity contribution in [2.75, 3.05) is 5.73 Å². The molecule has 0 bridgehead atoms. The Hall–Kier alpha value is -2.87. The molecule has 2 nitrogen and oxygen atoms in total. The molecule has 0 heterocycles. The maximum atomic E-state index is 5.63. The Kier molecular flexibility index (Phi) is 5.50. The Bertz CT molecular complexity index is 699. The third-order valence-corrected chi connectivity index (χ3v) is 3.23. The smallest absolute Gasteiger partial charge is 0.0622 e. The quantitative estimate of drug-likeness (QED) is 0.506. The van der Waals surface area contributed by atoms with E-state index in [0.717, 1.165) is 22.5 Å². The first kappa shape index (κ1) is 15.5. The van der Waals surface area contributed by atoms with Crippen molar-refractivity contribution in [3.8, 4) is 11.1 Å². The van der Waals surface area contributed by atoms with Gasteiger partial charge in [0.25, 0.3) is 0 Å². The minimum atomic E-state index is 0.781. The Balaban J connectivity index is 0.000000211. The van der Waals surface area contributed by atoms with Crippen LogP contribution < -0.4 is 5.73 Å². The molecule has 0 saturated carbocycles. The van der Waals surface area contributed by atoms with Crippen molar-refractivity contribution in [2.24, 2.45) is 4.99 Å². The summed E-state index contributed by atoms with van der Waals surface area (Å²) in [6.07, 6.45) is 0. The molecule has 110 valence electrons. The molecule has 0 aliphatic rings. The lowest BCUT2D eigenvalue weighted by Gasteiger charge is -2.02. The second-order valence-corrected chi connectivity index (χ2v) is 4.98. The van der Waals surface area contributed by atoms with Crippen LogP contribution in [-0.2, 0) is 0 Å². The number of hydrogen-bond donors (Lipinski definition) is 1. The summed E-state index contributed by atoms with van der Waals surface area (Å²) in [6.45, 7) is 5.56. The summed E-state index contributed by atoms with van der Waals surface area (Å²) < 4.78 is 0. The molecule has 22 heavy (non-hydrogen) atoms. The van der Waals surface area contributed by atoms with Crippen LogP contribution in [0.5, 0.6) is 0 Å². The maximum Gasteiger partial charge on any atom is 0.0622 e. The van der Waals surface area contributed by atoms with E-state index in [9.17, 15) is 0 Å². The van der Waals surface area contributed by atoms with Crippen molar-refractivity contribution < 1.29 is 0 Å². The average molecular weight is 288 g/mol. The van der Waals surface area contributed by atoms with Crippen molar-refractivity contribution in [1.29, 1.82) is 0 Å². The molecule has 3 aromatic rings. The van der Waals surface area contributed by atoms with Crippen LogP contribution in [0, 0.1) is 6.92 Å². The van der Waals surface area contributed by atoms with Gasteiger partial charge in [-0.1, -0.05) is 60.2 Å². The van der Waals surface area contributed by atoms with Crippen molar-refractivity contribution >= 4 is 18.1 Å². The topological polar surface area (TPSA) is 38.4 Å². The predicted octanol–water partition coefficient (Wildman–Crippen LogP) is 5.26. The second kappa shape index (κ2) is 7.79. The highest BCUT2D eigenvalue weighted by atomic mass is 14.7. The van der Waals surface area contributed by atoms with Crippen LogP contribution in [0.15, 0.2) is 83.9 Å². The number of benzene rings is 3. The normalized spacial score (nSPS) is 9.50. The number of nitrogens with two attached hydrogens (primary N) is 1. The number of rotatable bonds is 2. The SMILES string of the molecule is C=Nc1ccc(-c2ccc(N)cc2)cc1.Cc1ccccc1. The van der Waals surface area contributed by atoms with Crippen LogP contribution in [0.25, 0.3) is 11.1 Å². The van der Waals surface area contributed by atoms with Crippen molar-refractivity contribution in [3.05, 3.63) is 84.4 Å². The van der Waals surface area contributed by atoms with E-state index in [1.54, 1.807) is 0 Å². The van der Waals surface area contributed by atoms with Gasteiger partial charge in [0, 0.05) is 5.69 Å². The number of aliphatic imine (C=N–C) groups is 1. The summed E-state index contributed by atoms with van der Waals surface area (Å²) >= 11 is 0. The highest BCUT2D eigenvalue weighted by Crippen LogP contribution is 2.23. The number of nitrogens with zero attached hydrogens (tertiary/aromatic N) is 1. The molecule has 0 unspecified atom stereocenters. The van der Waals surface area contributed by atoms with Crippen LogP contribution in [0.4, 0.5) is 11.4 Å². The van der Waals surface area contributed by atoms with E-state index in [2.05, 4.69) is 30.8 Å². The number of aryl methyl sites for hydroxylation is 1. The lowest BCUT2D eigenvalue weighted by molar-refractivity contribution is 1.48. The van der Waals surface area contributed by atoms with Crippen LogP contribution >= 0.6 is 0 Å². The molecule has 0 amide bonds. The molecule has 0 aliphatic carbocycles. The van der Waals surface area contributed by atoms with Gasteiger partial charge in [-0.15, -0.1) is 0 Å². The summed E-state index contributed by atoms with van der Waals surface area (Å²) in [5, 5.41) is 0. The minimum absolute atomic E-state index is 0.781. The Morgan fingerprint density at radius 3 is 1.64 bits per heavy atom. The Morgan fingerprint density at radius 2 is 1.23 bits per heavy atom. The largest absolute Gasteiger partial charge is 0.399 e. The zero-order valence-corrected chi connectivity index (χ0v) is 12.7. The Morgan fingerprint density at radius 1 is 0.727 bits per heavy atom. The standard InChI is InChI=1S/C13H12N2.C7H8/c1-15-13-8-4-11(5-9-13)10-2-6-12(14)7-3-10;1-7-5-3-2-4-6-7/h2-9H,1,14H2;2-6H,1H3. The van der Waals surface area contributed by atoms with Gasteiger partial charge < -0.3 is 5.73 Å². The Labute approximate surface area is 132 Å². The first-order valence-electron chi connectivity index (χ1n) is 7.13. The van der Waals surface area contributed by atoms with Crippen molar-refractivity contribution in [2.45, 2.75) is 6.92 Å². The van der Waals surface area contributed by atoms with Gasteiger partial charge in [-0.05, 0) is 49.0 Å². The van der Waals surface area contributed by atoms with Crippen LogP contribution in [-0.4, -0.2) is 6.72 Å². The molecule has 0 atom stereocenters. The van der Waals surface area contributed by atoms with Gasteiger partial charge in [0.05, 0.1) is 5.69 Å². The van der Waals surface area contributed by atoms with Crippen molar-refractivity contribution in [1.82, 2.24) is 0 Å². The van der Waals surface area contributed by atoms with E-state index < -0.39 is 0 Å². The molecule has 0 aliphatic heterocycles. The number of nitrogen functional groups attached to an aromatic ring is 1. The van der Waals surface area contributed by atoms with Gasteiger partial charge in [-0.25, -0.2) is 0 Å². The first-order chi connectivity index (χ1) is 10.7. The monoisotopic (exact) mass is 288 g/mol. The molecule has 2 heteroatoms. The fraction of sp³-hybridized carbons (Fsp3) is 0.0500. The van der Waals surface area contributed by atoms with Gasteiger partial charge in [0.2, 0.25) is 0 Å². The minimum Gasteiger partial charge on any atom is -0.399 e. The molecule has 3 aromatic carbocycles. The summed E-state index contributed by atoms with van der Waals surface area (Å²) in [7, 11) is 0. The van der Waals surface area contributed by atoms with E-state index >= 15 is 0 Å². The lowest BCUT2D eigenvalue weighted by Crippen LogP contribution is -1.83. The lowest BCUT2D eigenvalue weighted by atomic mass is 10.1. The molecule has 2 N–H and O–H groups in total. The molecule has 0 radical (unpaired) electrons.